The molecule has 0 amide bonds. The minimum Gasteiger partial charge on any atom is -0.306 e. The molecule has 0 aliphatic heterocycles. The molecule has 1 atom stereocenters. The molecule has 0 radical (unpaired) electrons. The lowest BCUT2D eigenvalue weighted by Gasteiger charge is -2.35. The van der Waals surface area contributed by atoms with E-state index in [0.29, 0.717) is 12.2 Å². The van der Waals surface area contributed by atoms with Gasteiger partial charge in [-0.1, -0.05) is 60.7 Å². The van der Waals surface area contributed by atoms with Crippen molar-refractivity contribution in [3.05, 3.63) is 118 Å². The number of nitrogens with one attached hydrogen (secondary N) is 1. The molecule has 2 aromatic heterocycles. The minimum absolute atomic E-state index is 0.0297. The SMILES string of the molecule is O=c1[nH]c(-c2cccnc2)nc2c1CC(N(Cc1ccccc1)Cc1ccccc1)CC2. The molecule has 2 heterocycles. The van der Waals surface area contributed by atoms with Crippen molar-refractivity contribution < 1.29 is 0 Å². The molecule has 5 nitrogen and oxygen atoms in total. The molecule has 5 heteroatoms. The number of fused-ring (bicyclic) bond motifs is 1. The maximum absolute atomic E-state index is 13.0. The highest BCUT2D eigenvalue weighted by Crippen LogP contribution is 2.25. The lowest BCUT2D eigenvalue weighted by atomic mass is 9.90. The predicted molar refractivity (Wildman–Crippen MR) is 126 cm³/mol. The average molecular weight is 423 g/mol. The molecule has 5 rings (SSSR count). The molecule has 160 valence electrons. The Hall–Kier alpha value is -3.57. The molecule has 0 saturated heterocycles. The van der Waals surface area contributed by atoms with Crippen LogP contribution in [0.15, 0.2) is 90.0 Å². The quantitative estimate of drug-likeness (QED) is 0.501. The van der Waals surface area contributed by atoms with Crippen LogP contribution in [-0.4, -0.2) is 25.9 Å². The minimum atomic E-state index is -0.0297. The number of H-pyrrole nitrogens is 1. The molecule has 32 heavy (non-hydrogen) atoms. The van der Waals surface area contributed by atoms with E-state index in [2.05, 4.69) is 63.4 Å². The zero-order chi connectivity index (χ0) is 21.8. The maximum atomic E-state index is 13.0. The van der Waals surface area contributed by atoms with E-state index in [1.54, 1.807) is 12.4 Å². The van der Waals surface area contributed by atoms with Gasteiger partial charge < -0.3 is 4.98 Å². The molecule has 2 aromatic carbocycles. The molecule has 1 N–H and O–H groups in total. The van der Waals surface area contributed by atoms with Crippen molar-refractivity contribution in [3.63, 3.8) is 0 Å². The summed E-state index contributed by atoms with van der Waals surface area (Å²) in [6.45, 7) is 1.71. The van der Waals surface area contributed by atoms with Crippen LogP contribution in [0.1, 0.15) is 28.8 Å². The summed E-state index contributed by atoms with van der Waals surface area (Å²) in [5.41, 5.74) is 5.12. The molecular formula is C27H26N4O. The lowest BCUT2D eigenvalue weighted by Crippen LogP contribution is -2.40. The molecule has 0 spiro atoms. The van der Waals surface area contributed by atoms with Crippen LogP contribution < -0.4 is 5.56 Å². The molecule has 0 saturated carbocycles. The fourth-order valence-corrected chi connectivity index (χ4v) is 4.50. The number of aryl methyl sites for hydroxylation is 1. The summed E-state index contributed by atoms with van der Waals surface area (Å²) in [4.78, 5) is 27.4. The molecule has 1 aliphatic carbocycles. The maximum Gasteiger partial charge on any atom is 0.254 e. The van der Waals surface area contributed by atoms with E-state index < -0.39 is 0 Å². The molecule has 4 aromatic rings. The van der Waals surface area contributed by atoms with Crippen LogP contribution in [0.3, 0.4) is 0 Å². The first-order chi connectivity index (χ1) is 15.8. The van der Waals surface area contributed by atoms with Gasteiger partial charge in [0.05, 0.1) is 5.69 Å². The van der Waals surface area contributed by atoms with Gasteiger partial charge in [-0.05, 0) is 42.5 Å². The van der Waals surface area contributed by atoms with Crippen molar-refractivity contribution in [2.45, 2.75) is 38.4 Å². The first kappa shape index (κ1) is 20.3. The number of pyridine rings is 1. The fraction of sp³-hybridized carbons (Fsp3) is 0.222. The third kappa shape index (κ3) is 4.53. The second kappa shape index (κ2) is 9.28. The number of nitrogens with zero attached hydrogens (tertiary/aromatic N) is 3. The van der Waals surface area contributed by atoms with Gasteiger partial charge in [-0.3, -0.25) is 14.7 Å². The average Bonchev–Trinajstić information content (AvgIpc) is 2.85. The van der Waals surface area contributed by atoms with Gasteiger partial charge in [0.1, 0.15) is 5.82 Å². The Morgan fingerprint density at radius 2 is 1.59 bits per heavy atom. The zero-order valence-corrected chi connectivity index (χ0v) is 17.9. The number of rotatable bonds is 6. The van der Waals surface area contributed by atoms with E-state index in [-0.39, 0.29) is 11.6 Å². The van der Waals surface area contributed by atoms with Crippen LogP contribution in [-0.2, 0) is 25.9 Å². The smallest absolute Gasteiger partial charge is 0.254 e. The Morgan fingerprint density at radius 1 is 0.906 bits per heavy atom. The largest absolute Gasteiger partial charge is 0.306 e. The normalized spacial score (nSPS) is 15.5. The van der Waals surface area contributed by atoms with Crippen LogP contribution in [0.2, 0.25) is 0 Å². The second-order valence-electron chi connectivity index (χ2n) is 8.35. The van der Waals surface area contributed by atoms with Crippen LogP contribution in [0, 0.1) is 0 Å². The number of hydrogen-bond donors (Lipinski definition) is 1. The summed E-state index contributed by atoms with van der Waals surface area (Å²) in [5.74, 6) is 0.603. The van der Waals surface area contributed by atoms with Crippen molar-refractivity contribution in [1.29, 1.82) is 0 Å². The first-order valence-electron chi connectivity index (χ1n) is 11.1. The van der Waals surface area contributed by atoms with E-state index in [4.69, 9.17) is 4.98 Å². The van der Waals surface area contributed by atoms with Crippen molar-refractivity contribution in [1.82, 2.24) is 19.9 Å². The van der Waals surface area contributed by atoms with Crippen molar-refractivity contribution >= 4 is 0 Å². The van der Waals surface area contributed by atoms with Crippen molar-refractivity contribution in [2.24, 2.45) is 0 Å². The highest BCUT2D eigenvalue weighted by Gasteiger charge is 2.28. The van der Waals surface area contributed by atoms with Crippen LogP contribution >= 0.6 is 0 Å². The Kier molecular flexibility index (Phi) is 5.90. The van der Waals surface area contributed by atoms with Crippen LogP contribution in [0.4, 0.5) is 0 Å². The summed E-state index contributed by atoms with van der Waals surface area (Å²) >= 11 is 0. The Bertz CT molecular complexity index is 1180. The van der Waals surface area contributed by atoms with E-state index >= 15 is 0 Å². The van der Waals surface area contributed by atoms with Crippen molar-refractivity contribution in [2.75, 3.05) is 0 Å². The summed E-state index contributed by atoms with van der Waals surface area (Å²) in [6, 6.07) is 25.2. The Labute approximate surface area is 187 Å². The van der Waals surface area contributed by atoms with Crippen LogP contribution in [0.25, 0.3) is 11.4 Å². The highest BCUT2D eigenvalue weighted by molar-refractivity contribution is 5.53. The van der Waals surface area contributed by atoms with Gasteiger partial charge in [0.15, 0.2) is 0 Å². The fourth-order valence-electron chi connectivity index (χ4n) is 4.50. The van der Waals surface area contributed by atoms with E-state index in [1.165, 1.54) is 11.1 Å². The van der Waals surface area contributed by atoms with Crippen molar-refractivity contribution in [3.8, 4) is 11.4 Å². The lowest BCUT2D eigenvalue weighted by molar-refractivity contribution is 0.161. The van der Waals surface area contributed by atoms with Gasteiger partial charge in [0.25, 0.3) is 5.56 Å². The third-order valence-electron chi connectivity index (χ3n) is 6.16. The summed E-state index contributed by atoms with van der Waals surface area (Å²) in [7, 11) is 0. The monoisotopic (exact) mass is 422 g/mol. The predicted octanol–water partition coefficient (Wildman–Crippen LogP) is 4.39. The molecule has 1 unspecified atom stereocenters. The highest BCUT2D eigenvalue weighted by atomic mass is 16.1. The standard InChI is InChI=1S/C27H26N4O/c32-27-24-16-23(13-14-25(24)29-26(30-27)22-12-7-15-28-17-22)31(18-20-8-3-1-4-9-20)19-21-10-5-2-6-11-21/h1-12,15,17,23H,13-14,16,18-19H2,(H,29,30,32). The Morgan fingerprint density at radius 3 is 2.22 bits per heavy atom. The molecule has 0 bridgehead atoms. The first-order valence-corrected chi connectivity index (χ1v) is 11.1. The van der Waals surface area contributed by atoms with Gasteiger partial charge >= 0.3 is 0 Å². The topological polar surface area (TPSA) is 61.9 Å². The molecule has 0 fully saturated rings. The van der Waals surface area contributed by atoms with Gasteiger partial charge in [-0.2, -0.15) is 0 Å². The van der Waals surface area contributed by atoms with Gasteiger partial charge in [-0.15, -0.1) is 0 Å². The summed E-state index contributed by atoms with van der Waals surface area (Å²) < 4.78 is 0. The molecular weight excluding hydrogens is 396 g/mol. The van der Waals surface area contributed by atoms with E-state index in [0.717, 1.165) is 42.8 Å². The Balaban J connectivity index is 1.42. The van der Waals surface area contributed by atoms with E-state index in [1.807, 2.05) is 24.3 Å². The summed E-state index contributed by atoms with van der Waals surface area (Å²) in [5, 5.41) is 0. The number of aromatic nitrogens is 3. The van der Waals surface area contributed by atoms with Crippen LogP contribution in [0.5, 0.6) is 0 Å². The van der Waals surface area contributed by atoms with Gasteiger partial charge in [0.2, 0.25) is 0 Å². The zero-order valence-electron chi connectivity index (χ0n) is 17.9. The van der Waals surface area contributed by atoms with E-state index in [9.17, 15) is 4.79 Å². The number of aromatic amines is 1. The molecule has 1 aliphatic rings. The number of benzene rings is 2. The summed E-state index contributed by atoms with van der Waals surface area (Å²) in [6.07, 6.45) is 5.95. The van der Waals surface area contributed by atoms with Gasteiger partial charge in [0, 0.05) is 42.7 Å². The van der Waals surface area contributed by atoms with Gasteiger partial charge in [-0.25, -0.2) is 4.98 Å². The third-order valence-corrected chi connectivity index (χ3v) is 6.16. The second-order valence-corrected chi connectivity index (χ2v) is 8.35. The number of hydrogen-bond acceptors (Lipinski definition) is 4.